The van der Waals surface area contributed by atoms with Crippen LogP contribution >= 0.6 is 11.6 Å². The molecule has 0 aliphatic rings. The van der Waals surface area contributed by atoms with Crippen LogP contribution in [-0.4, -0.2) is 15.0 Å². The van der Waals surface area contributed by atoms with Crippen LogP contribution in [-0.2, 0) is 0 Å². The van der Waals surface area contributed by atoms with E-state index in [0.717, 1.165) is 5.69 Å². The van der Waals surface area contributed by atoms with Crippen LogP contribution in [0.1, 0.15) is 5.69 Å². The molecule has 2 aromatic rings. The molecule has 0 aliphatic heterocycles. The van der Waals surface area contributed by atoms with Gasteiger partial charge in [-0.25, -0.2) is 4.98 Å². The molecule has 5 nitrogen and oxygen atoms in total. The highest BCUT2D eigenvalue weighted by molar-refractivity contribution is 6.29. The third-order valence-electron chi connectivity index (χ3n) is 1.80. The van der Waals surface area contributed by atoms with Crippen molar-refractivity contribution in [3.8, 4) is 11.6 Å². The highest BCUT2D eigenvalue weighted by Gasteiger charge is 2.03. The van der Waals surface area contributed by atoms with E-state index in [4.69, 9.17) is 22.1 Å². The number of nitrogens with two attached hydrogens (primary N) is 1. The van der Waals surface area contributed by atoms with Crippen molar-refractivity contribution in [2.45, 2.75) is 6.92 Å². The predicted molar refractivity (Wildman–Crippen MR) is 60.5 cm³/mol. The first-order chi connectivity index (χ1) is 7.63. The van der Waals surface area contributed by atoms with Crippen LogP contribution in [0.4, 0.5) is 5.95 Å². The lowest BCUT2D eigenvalue weighted by molar-refractivity contribution is 0.460. The summed E-state index contributed by atoms with van der Waals surface area (Å²) in [6.07, 6.45) is 1.60. The van der Waals surface area contributed by atoms with Crippen LogP contribution in [0.3, 0.4) is 0 Å². The van der Waals surface area contributed by atoms with Gasteiger partial charge in [0.05, 0.1) is 6.20 Å². The molecule has 0 spiro atoms. The lowest BCUT2D eigenvalue weighted by atomic mass is 10.4. The fourth-order valence-electron chi connectivity index (χ4n) is 1.10. The summed E-state index contributed by atoms with van der Waals surface area (Å²) in [6.45, 7) is 1.89. The summed E-state index contributed by atoms with van der Waals surface area (Å²) >= 11 is 5.71. The second-order valence-electron chi connectivity index (χ2n) is 3.12. The van der Waals surface area contributed by atoms with E-state index < -0.39 is 0 Å². The average Bonchev–Trinajstić information content (AvgIpc) is 2.20. The number of nitrogen functional groups attached to an aromatic ring is 1. The fourth-order valence-corrected chi connectivity index (χ4v) is 1.28. The Kier molecular flexibility index (Phi) is 2.87. The molecule has 0 aliphatic carbocycles. The molecule has 0 fully saturated rings. The number of hydrogen-bond acceptors (Lipinski definition) is 5. The van der Waals surface area contributed by atoms with Crippen LogP contribution in [0.25, 0.3) is 0 Å². The number of pyridine rings is 1. The molecule has 0 radical (unpaired) electrons. The summed E-state index contributed by atoms with van der Waals surface area (Å²) in [4.78, 5) is 11.7. The SMILES string of the molecule is Cc1ccc(Oc2cc(Cl)nc(N)n2)cn1. The number of rotatable bonds is 2. The number of hydrogen-bond donors (Lipinski definition) is 1. The van der Waals surface area contributed by atoms with E-state index in [1.807, 2.05) is 13.0 Å². The number of halogens is 1. The van der Waals surface area contributed by atoms with Gasteiger partial charge in [0.25, 0.3) is 0 Å². The Bertz CT molecular complexity index is 480. The van der Waals surface area contributed by atoms with Crippen molar-refractivity contribution in [1.29, 1.82) is 0 Å². The smallest absolute Gasteiger partial charge is 0.225 e. The lowest BCUT2D eigenvalue weighted by Gasteiger charge is -2.04. The quantitative estimate of drug-likeness (QED) is 0.810. The summed E-state index contributed by atoms with van der Waals surface area (Å²) in [5.74, 6) is 0.936. The van der Waals surface area contributed by atoms with Gasteiger partial charge in [-0.2, -0.15) is 4.98 Å². The Balaban J connectivity index is 2.23. The van der Waals surface area contributed by atoms with Crippen molar-refractivity contribution < 1.29 is 4.74 Å². The zero-order valence-corrected chi connectivity index (χ0v) is 9.27. The van der Waals surface area contributed by atoms with Crippen molar-refractivity contribution in [3.05, 3.63) is 35.2 Å². The van der Waals surface area contributed by atoms with E-state index in [0.29, 0.717) is 11.6 Å². The van der Waals surface area contributed by atoms with E-state index in [-0.39, 0.29) is 11.1 Å². The van der Waals surface area contributed by atoms with E-state index in [9.17, 15) is 0 Å². The maximum absolute atomic E-state index is 5.71. The van der Waals surface area contributed by atoms with Crippen LogP contribution in [0.15, 0.2) is 24.4 Å². The van der Waals surface area contributed by atoms with Crippen molar-refractivity contribution in [2.75, 3.05) is 5.73 Å². The van der Waals surface area contributed by atoms with Crippen LogP contribution in [0, 0.1) is 6.92 Å². The molecule has 0 amide bonds. The first-order valence-electron chi connectivity index (χ1n) is 4.54. The fraction of sp³-hybridized carbons (Fsp3) is 0.100. The van der Waals surface area contributed by atoms with Gasteiger partial charge in [-0.05, 0) is 19.1 Å². The Labute approximate surface area is 97.3 Å². The second kappa shape index (κ2) is 4.32. The highest BCUT2D eigenvalue weighted by atomic mass is 35.5. The summed E-state index contributed by atoms with van der Waals surface area (Å²) in [5.41, 5.74) is 6.34. The zero-order valence-electron chi connectivity index (χ0n) is 8.51. The molecule has 6 heteroatoms. The molecule has 2 aromatic heterocycles. The largest absolute Gasteiger partial charge is 0.437 e. The van der Waals surface area contributed by atoms with E-state index in [2.05, 4.69) is 15.0 Å². The number of aromatic nitrogens is 3. The van der Waals surface area contributed by atoms with Gasteiger partial charge in [-0.3, -0.25) is 4.98 Å². The van der Waals surface area contributed by atoms with Crippen LogP contribution in [0.5, 0.6) is 11.6 Å². The molecule has 0 unspecified atom stereocenters. The number of nitrogens with zero attached hydrogens (tertiary/aromatic N) is 3. The summed E-state index contributed by atoms with van der Waals surface area (Å²) < 4.78 is 5.42. The first-order valence-corrected chi connectivity index (χ1v) is 4.92. The van der Waals surface area contributed by atoms with Crippen molar-refractivity contribution in [1.82, 2.24) is 15.0 Å². The third kappa shape index (κ3) is 2.58. The zero-order chi connectivity index (χ0) is 11.5. The Morgan fingerprint density at radius 2 is 2.12 bits per heavy atom. The minimum absolute atomic E-state index is 0.0718. The maximum atomic E-state index is 5.71. The van der Waals surface area contributed by atoms with Gasteiger partial charge in [-0.15, -0.1) is 0 Å². The molecule has 0 saturated carbocycles. The van der Waals surface area contributed by atoms with E-state index in [1.54, 1.807) is 12.3 Å². The Morgan fingerprint density at radius 3 is 2.75 bits per heavy atom. The van der Waals surface area contributed by atoms with E-state index in [1.165, 1.54) is 6.07 Å². The van der Waals surface area contributed by atoms with Gasteiger partial charge in [0, 0.05) is 11.8 Å². The topological polar surface area (TPSA) is 73.9 Å². The Hall–Kier alpha value is -1.88. The molecule has 0 atom stereocenters. The van der Waals surface area contributed by atoms with Crippen molar-refractivity contribution in [2.24, 2.45) is 0 Å². The van der Waals surface area contributed by atoms with Crippen LogP contribution < -0.4 is 10.5 Å². The summed E-state index contributed by atoms with van der Waals surface area (Å²) in [7, 11) is 0. The second-order valence-corrected chi connectivity index (χ2v) is 3.51. The molecule has 16 heavy (non-hydrogen) atoms. The highest BCUT2D eigenvalue weighted by Crippen LogP contribution is 2.21. The standard InChI is InChI=1S/C10H9ClN4O/c1-6-2-3-7(5-13-6)16-9-4-8(11)14-10(12)15-9/h2-5H,1H3,(H2,12,14,15). The van der Waals surface area contributed by atoms with Gasteiger partial charge in [-0.1, -0.05) is 11.6 Å². The van der Waals surface area contributed by atoms with Gasteiger partial charge >= 0.3 is 0 Å². The van der Waals surface area contributed by atoms with Crippen LogP contribution in [0.2, 0.25) is 5.15 Å². The molecule has 0 saturated heterocycles. The molecule has 2 heterocycles. The predicted octanol–water partition coefficient (Wildman–Crippen LogP) is 2.21. The number of ether oxygens (including phenoxy) is 1. The van der Waals surface area contributed by atoms with Gasteiger partial charge in [0.2, 0.25) is 11.8 Å². The molecular weight excluding hydrogens is 228 g/mol. The minimum atomic E-state index is 0.0718. The van der Waals surface area contributed by atoms with Gasteiger partial charge in [0.1, 0.15) is 10.9 Å². The third-order valence-corrected chi connectivity index (χ3v) is 1.99. The lowest BCUT2D eigenvalue weighted by Crippen LogP contribution is -1.97. The van der Waals surface area contributed by atoms with Crippen molar-refractivity contribution in [3.63, 3.8) is 0 Å². The molecular formula is C10H9ClN4O. The Morgan fingerprint density at radius 1 is 1.31 bits per heavy atom. The van der Waals surface area contributed by atoms with Gasteiger partial charge in [0.15, 0.2) is 0 Å². The minimum Gasteiger partial charge on any atom is -0.437 e. The first kappa shape index (κ1) is 10.6. The molecule has 82 valence electrons. The van der Waals surface area contributed by atoms with Crippen molar-refractivity contribution >= 4 is 17.5 Å². The molecule has 2 N–H and O–H groups in total. The number of anilines is 1. The maximum Gasteiger partial charge on any atom is 0.225 e. The van der Waals surface area contributed by atoms with Gasteiger partial charge < -0.3 is 10.5 Å². The number of aryl methyl sites for hydroxylation is 1. The monoisotopic (exact) mass is 236 g/mol. The summed E-state index contributed by atoms with van der Waals surface area (Å²) in [6, 6.07) is 5.10. The van der Waals surface area contributed by atoms with E-state index >= 15 is 0 Å². The normalized spacial score (nSPS) is 10.1. The molecule has 2 rings (SSSR count). The molecule has 0 bridgehead atoms. The average molecular weight is 237 g/mol. The summed E-state index contributed by atoms with van der Waals surface area (Å²) in [5, 5.41) is 0.238. The molecule has 0 aromatic carbocycles.